The van der Waals surface area contributed by atoms with E-state index >= 15 is 0 Å². The van der Waals surface area contributed by atoms with Gasteiger partial charge in [-0.3, -0.25) is 4.79 Å². The molecule has 1 fully saturated rings. The molecule has 3 N–H and O–H groups in total. The first-order valence-corrected chi connectivity index (χ1v) is 5.74. The Labute approximate surface area is 104 Å². The average Bonchev–Trinajstić information content (AvgIpc) is 2.94. The molecule has 1 aliphatic rings. The maximum absolute atomic E-state index is 11.7. The first-order chi connectivity index (χ1) is 7.42. The molecule has 0 spiro atoms. The zero-order valence-electron chi connectivity index (χ0n) is 8.81. The van der Waals surface area contributed by atoms with E-state index in [-0.39, 0.29) is 5.91 Å². The standard InChI is InChI=1S/C11H12Cl2N2O/c1-6-4-8(13)9(5-7(6)12)15-10(16)11(14)2-3-11/h4-5H,2-3,14H2,1H3,(H,15,16). The van der Waals surface area contributed by atoms with E-state index in [1.165, 1.54) is 0 Å². The zero-order chi connectivity index (χ0) is 11.9. The molecular formula is C11H12Cl2N2O. The van der Waals surface area contributed by atoms with Crippen LogP contribution in [-0.4, -0.2) is 11.4 Å². The van der Waals surface area contributed by atoms with Gasteiger partial charge in [-0.1, -0.05) is 23.2 Å². The predicted octanol–water partition coefficient (Wildman–Crippen LogP) is 2.73. The number of carbonyl (C=O) groups excluding carboxylic acids is 1. The van der Waals surface area contributed by atoms with Crippen molar-refractivity contribution in [3.05, 3.63) is 27.7 Å². The molecule has 0 heterocycles. The third kappa shape index (κ3) is 2.17. The summed E-state index contributed by atoms with van der Waals surface area (Å²) < 4.78 is 0. The number of nitrogens with one attached hydrogen (secondary N) is 1. The number of halogens is 2. The summed E-state index contributed by atoms with van der Waals surface area (Å²) in [5.74, 6) is -0.200. The van der Waals surface area contributed by atoms with Crippen molar-refractivity contribution in [3.8, 4) is 0 Å². The van der Waals surface area contributed by atoms with E-state index < -0.39 is 5.54 Å². The van der Waals surface area contributed by atoms with Crippen LogP contribution in [0.25, 0.3) is 0 Å². The Balaban J connectivity index is 2.21. The summed E-state index contributed by atoms with van der Waals surface area (Å²) in [7, 11) is 0. The third-order valence-electron chi connectivity index (χ3n) is 2.74. The van der Waals surface area contributed by atoms with Crippen molar-refractivity contribution in [1.29, 1.82) is 0 Å². The average molecular weight is 259 g/mol. The maximum atomic E-state index is 11.7. The van der Waals surface area contributed by atoms with Gasteiger partial charge < -0.3 is 11.1 Å². The second kappa shape index (κ2) is 3.91. The molecule has 2 rings (SSSR count). The van der Waals surface area contributed by atoms with Gasteiger partial charge in [-0.25, -0.2) is 0 Å². The number of benzene rings is 1. The lowest BCUT2D eigenvalue weighted by Gasteiger charge is -2.12. The number of carbonyl (C=O) groups is 1. The fraction of sp³-hybridized carbons (Fsp3) is 0.364. The van der Waals surface area contributed by atoms with E-state index in [1.54, 1.807) is 12.1 Å². The van der Waals surface area contributed by atoms with Crippen LogP contribution in [-0.2, 0) is 4.79 Å². The largest absolute Gasteiger partial charge is 0.323 e. The van der Waals surface area contributed by atoms with Crippen LogP contribution in [0, 0.1) is 6.92 Å². The summed E-state index contributed by atoms with van der Waals surface area (Å²) >= 11 is 12.0. The molecule has 0 unspecified atom stereocenters. The number of hydrogen-bond acceptors (Lipinski definition) is 2. The van der Waals surface area contributed by atoms with Gasteiger partial charge in [0.15, 0.2) is 0 Å². The Morgan fingerprint density at radius 2 is 2.00 bits per heavy atom. The number of rotatable bonds is 2. The van der Waals surface area contributed by atoms with Crippen LogP contribution in [0.2, 0.25) is 10.0 Å². The summed E-state index contributed by atoms with van der Waals surface area (Å²) in [6, 6.07) is 3.36. The van der Waals surface area contributed by atoms with Gasteiger partial charge in [-0.15, -0.1) is 0 Å². The molecule has 0 aliphatic heterocycles. The van der Waals surface area contributed by atoms with Crippen molar-refractivity contribution < 1.29 is 4.79 Å². The van der Waals surface area contributed by atoms with Gasteiger partial charge in [0.1, 0.15) is 0 Å². The van der Waals surface area contributed by atoms with Crippen LogP contribution in [0.3, 0.4) is 0 Å². The normalized spacial score (nSPS) is 17.0. The minimum absolute atomic E-state index is 0.200. The molecule has 1 aliphatic carbocycles. The quantitative estimate of drug-likeness (QED) is 0.857. The van der Waals surface area contributed by atoms with E-state index in [0.29, 0.717) is 15.7 Å². The highest BCUT2D eigenvalue weighted by molar-refractivity contribution is 6.36. The predicted molar refractivity (Wildman–Crippen MR) is 66.0 cm³/mol. The third-order valence-corrected chi connectivity index (χ3v) is 3.46. The van der Waals surface area contributed by atoms with Crippen molar-refractivity contribution in [2.75, 3.05) is 5.32 Å². The molecule has 0 radical (unpaired) electrons. The summed E-state index contributed by atoms with van der Waals surface area (Å²) in [4.78, 5) is 11.7. The number of anilines is 1. The highest BCUT2D eigenvalue weighted by atomic mass is 35.5. The van der Waals surface area contributed by atoms with E-state index in [1.807, 2.05) is 6.92 Å². The Bertz CT molecular complexity index is 456. The van der Waals surface area contributed by atoms with E-state index in [4.69, 9.17) is 28.9 Å². The van der Waals surface area contributed by atoms with E-state index in [2.05, 4.69) is 5.32 Å². The Morgan fingerprint density at radius 3 is 2.56 bits per heavy atom. The molecule has 0 atom stereocenters. The van der Waals surface area contributed by atoms with Gasteiger partial charge in [-0.05, 0) is 37.5 Å². The topological polar surface area (TPSA) is 55.1 Å². The number of aryl methyl sites for hydroxylation is 1. The molecule has 0 saturated heterocycles. The molecule has 86 valence electrons. The molecule has 1 amide bonds. The minimum Gasteiger partial charge on any atom is -0.323 e. The molecule has 16 heavy (non-hydrogen) atoms. The van der Waals surface area contributed by atoms with Crippen LogP contribution < -0.4 is 11.1 Å². The smallest absolute Gasteiger partial charge is 0.244 e. The molecule has 0 bridgehead atoms. The second-order valence-corrected chi connectivity index (χ2v) is 5.01. The van der Waals surface area contributed by atoms with Gasteiger partial charge in [0.05, 0.1) is 16.2 Å². The SMILES string of the molecule is Cc1cc(Cl)c(NC(=O)C2(N)CC2)cc1Cl. The first-order valence-electron chi connectivity index (χ1n) is 4.98. The lowest BCUT2D eigenvalue weighted by molar-refractivity contribution is -0.118. The van der Waals surface area contributed by atoms with E-state index in [0.717, 1.165) is 18.4 Å². The maximum Gasteiger partial charge on any atom is 0.244 e. The van der Waals surface area contributed by atoms with Crippen LogP contribution in [0.5, 0.6) is 0 Å². The summed E-state index contributed by atoms with van der Waals surface area (Å²) in [6.45, 7) is 1.85. The Morgan fingerprint density at radius 1 is 1.38 bits per heavy atom. The van der Waals surface area contributed by atoms with Crippen LogP contribution >= 0.6 is 23.2 Å². The van der Waals surface area contributed by atoms with Gasteiger partial charge in [0.25, 0.3) is 0 Å². The molecule has 1 aromatic carbocycles. The molecule has 1 aromatic rings. The highest BCUT2D eigenvalue weighted by Crippen LogP contribution is 2.35. The van der Waals surface area contributed by atoms with Crippen molar-refractivity contribution >= 4 is 34.8 Å². The van der Waals surface area contributed by atoms with Crippen LogP contribution in [0.15, 0.2) is 12.1 Å². The lowest BCUT2D eigenvalue weighted by Crippen LogP contribution is -2.37. The minimum atomic E-state index is -0.708. The fourth-order valence-corrected chi connectivity index (χ4v) is 1.78. The van der Waals surface area contributed by atoms with Gasteiger partial charge in [0.2, 0.25) is 5.91 Å². The second-order valence-electron chi connectivity index (χ2n) is 4.19. The molecule has 0 aromatic heterocycles. The summed E-state index contributed by atoms with van der Waals surface area (Å²) in [5.41, 5.74) is 6.45. The van der Waals surface area contributed by atoms with Gasteiger partial charge >= 0.3 is 0 Å². The lowest BCUT2D eigenvalue weighted by atomic mass is 10.2. The number of hydrogen-bond donors (Lipinski definition) is 2. The van der Waals surface area contributed by atoms with Crippen molar-refractivity contribution in [2.24, 2.45) is 5.73 Å². The molecule has 5 heteroatoms. The van der Waals surface area contributed by atoms with Crippen molar-refractivity contribution in [1.82, 2.24) is 0 Å². The first kappa shape index (κ1) is 11.7. The fourth-order valence-electron chi connectivity index (χ4n) is 1.35. The van der Waals surface area contributed by atoms with Crippen molar-refractivity contribution in [2.45, 2.75) is 25.3 Å². The Hall–Kier alpha value is -0.770. The zero-order valence-corrected chi connectivity index (χ0v) is 10.3. The van der Waals surface area contributed by atoms with E-state index in [9.17, 15) is 4.79 Å². The highest BCUT2D eigenvalue weighted by Gasteiger charge is 2.46. The number of amides is 1. The van der Waals surface area contributed by atoms with Gasteiger partial charge in [0, 0.05) is 5.02 Å². The monoisotopic (exact) mass is 258 g/mol. The van der Waals surface area contributed by atoms with Crippen LogP contribution in [0.1, 0.15) is 18.4 Å². The van der Waals surface area contributed by atoms with Gasteiger partial charge in [-0.2, -0.15) is 0 Å². The molecular weight excluding hydrogens is 247 g/mol. The van der Waals surface area contributed by atoms with Crippen molar-refractivity contribution in [3.63, 3.8) is 0 Å². The molecule has 3 nitrogen and oxygen atoms in total. The summed E-state index contributed by atoms with van der Waals surface area (Å²) in [6.07, 6.45) is 1.44. The molecule has 1 saturated carbocycles. The summed E-state index contributed by atoms with van der Waals surface area (Å²) in [5, 5.41) is 3.74. The number of nitrogens with two attached hydrogens (primary N) is 1. The Kier molecular flexibility index (Phi) is 2.86. The van der Waals surface area contributed by atoms with Crippen LogP contribution in [0.4, 0.5) is 5.69 Å².